The normalized spacial score (nSPS) is 26.1. The third-order valence-corrected chi connectivity index (χ3v) is 4.13. The zero-order valence-electron chi connectivity index (χ0n) is 9.02. The second-order valence-electron chi connectivity index (χ2n) is 3.74. The molecule has 0 aromatic carbocycles. The number of esters is 1. The smallest absolute Gasteiger partial charge is 0.322 e. The Morgan fingerprint density at radius 3 is 2.73 bits per heavy atom. The van der Waals surface area contributed by atoms with Crippen LogP contribution in [0.3, 0.4) is 0 Å². The van der Waals surface area contributed by atoms with E-state index in [9.17, 15) is 13.2 Å². The number of carbonyl (C=O) groups excluding carboxylic acids is 1. The number of rotatable bonds is 4. The van der Waals surface area contributed by atoms with Crippen LogP contribution in [0.5, 0.6) is 0 Å². The van der Waals surface area contributed by atoms with Crippen molar-refractivity contribution in [2.75, 3.05) is 18.1 Å². The average Bonchev–Trinajstić information content (AvgIpc) is 2.46. The predicted octanol–water partition coefficient (Wildman–Crippen LogP) is -0.285. The Bertz CT molecular complexity index is 325. The van der Waals surface area contributed by atoms with Crippen molar-refractivity contribution in [3.63, 3.8) is 0 Å². The molecule has 1 saturated heterocycles. The Balaban J connectivity index is 2.40. The Morgan fingerprint density at radius 2 is 2.27 bits per heavy atom. The first-order valence-electron chi connectivity index (χ1n) is 5.07. The minimum Gasteiger partial charge on any atom is -0.465 e. The number of ether oxygens (including phenoxy) is 1. The summed E-state index contributed by atoms with van der Waals surface area (Å²) in [7, 11) is -2.89. The lowest BCUT2D eigenvalue weighted by atomic mass is 10.2. The molecule has 1 N–H and O–H groups in total. The van der Waals surface area contributed by atoms with Crippen LogP contribution in [0, 0.1) is 0 Å². The van der Waals surface area contributed by atoms with Gasteiger partial charge in [-0.25, -0.2) is 8.42 Å². The summed E-state index contributed by atoms with van der Waals surface area (Å²) >= 11 is 0. The minimum atomic E-state index is -2.89. The van der Waals surface area contributed by atoms with E-state index >= 15 is 0 Å². The molecule has 5 nitrogen and oxygen atoms in total. The van der Waals surface area contributed by atoms with E-state index < -0.39 is 15.9 Å². The molecular formula is C9H17NO4S. The molecule has 1 aliphatic rings. The van der Waals surface area contributed by atoms with Gasteiger partial charge in [-0.15, -0.1) is 0 Å². The van der Waals surface area contributed by atoms with Crippen molar-refractivity contribution in [1.82, 2.24) is 5.32 Å². The van der Waals surface area contributed by atoms with Gasteiger partial charge in [0, 0.05) is 6.04 Å². The van der Waals surface area contributed by atoms with Gasteiger partial charge in [0.05, 0.1) is 18.1 Å². The average molecular weight is 235 g/mol. The molecule has 0 aliphatic carbocycles. The molecule has 88 valence electrons. The Hall–Kier alpha value is -0.620. The number of sulfone groups is 1. The van der Waals surface area contributed by atoms with Gasteiger partial charge in [-0.05, 0) is 20.3 Å². The number of carbonyl (C=O) groups is 1. The summed E-state index contributed by atoms with van der Waals surface area (Å²) in [6.07, 6.45) is 0.575. The summed E-state index contributed by atoms with van der Waals surface area (Å²) < 4.78 is 27.1. The zero-order chi connectivity index (χ0) is 11.5. The Morgan fingerprint density at radius 1 is 1.60 bits per heavy atom. The molecule has 1 rings (SSSR count). The van der Waals surface area contributed by atoms with E-state index in [1.165, 1.54) is 0 Å². The summed E-state index contributed by atoms with van der Waals surface area (Å²) in [6, 6.07) is -0.558. The van der Waals surface area contributed by atoms with Crippen molar-refractivity contribution in [3.8, 4) is 0 Å². The van der Waals surface area contributed by atoms with Gasteiger partial charge in [-0.3, -0.25) is 4.79 Å². The Kier molecular flexibility index (Phi) is 4.10. The third-order valence-electron chi connectivity index (χ3n) is 2.36. The number of nitrogens with one attached hydrogen (secondary N) is 1. The molecule has 1 heterocycles. The van der Waals surface area contributed by atoms with Crippen molar-refractivity contribution in [3.05, 3.63) is 0 Å². The second kappa shape index (κ2) is 4.94. The highest BCUT2D eigenvalue weighted by atomic mass is 32.2. The molecule has 0 amide bonds. The van der Waals surface area contributed by atoms with Crippen molar-refractivity contribution in [1.29, 1.82) is 0 Å². The minimum absolute atomic E-state index is 0.116. The summed E-state index contributed by atoms with van der Waals surface area (Å²) in [5.74, 6) is -0.00135. The molecule has 0 aromatic rings. The fourth-order valence-corrected chi connectivity index (χ4v) is 3.30. The molecule has 15 heavy (non-hydrogen) atoms. The van der Waals surface area contributed by atoms with E-state index in [-0.39, 0.29) is 23.5 Å². The quantitative estimate of drug-likeness (QED) is 0.678. The first kappa shape index (κ1) is 12.4. The molecule has 1 aliphatic heterocycles. The highest BCUT2D eigenvalue weighted by Gasteiger charge is 2.30. The predicted molar refractivity (Wildman–Crippen MR) is 56.3 cm³/mol. The first-order chi connectivity index (χ1) is 6.94. The topological polar surface area (TPSA) is 72.5 Å². The lowest BCUT2D eigenvalue weighted by molar-refractivity contribution is -0.145. The summed E-state index contributed by atoms with van der Waals surface area (Å²) in [5, 5.41) is 2.97. The SMILES string of the molecule is CCOC(=O)C(C)NC1CCS(=O)(=O)C1. The van der Waals surface area contributed by atoms with E-state index in [1.54, 1.807) is 13.8 Å². The van der Waals surface area contributed by atoms with Gasteiger partial charge >= 0.3 is 5.97 Å². The molecule has 2 atom stereocenters. The van der Waals surface area contributed by atoms with Gasteiger partial charge in [-0.1, -0.05) is 0 Å². The van der Waals surface area contributed by atoms with E-state index in [0.717, 1.165) is 0 Å². The van der Waals surface area contributed by atoms with Crippen LogP contribution in [0.2, 0.25) is 0 Å². The number of hydrogen-bond acceptors (Lipinski definition) is 5. The Labute approximate surface area is 90.1 Å². The molecular weight excluding hydrogens is 218 g/mol. The van der Waals surface area contributed by atoms with Crippen LogP contribution in [-0.2, 0) is 19.4 Å². The molecule has 0 radical (unpaired) electrons. The van der Waals surface area contributed by atoms with Crippen LogP contribution >= 0.6 is 0 Å². The van der Waals surface area contributed by atoms with Crippen molar-refractivity contribution < 1.29 is 17.9 Å². The van der Waals surface area contributed by atoms with Gasteiger partial charge in [0.2, 0.25) is 0 Å². The summed E-state index contributed by atoms with van der Waals surface area (Å²) in [6.45, 7) is 3.77. The monoisotopic (exact) mass is 235 g/mol. The van der Waals surface area contributed by atoms with Gasteiger partial charge in [0.1, 0.15) is 6.04 Å². The van der Waals surface area contributed by atoms with E-state index in [4.69, 9.17) is 4.74 Å². The van der Waals surface area contributed by atoms with E-state index in [1.807, 2.05) is 0 Å². The standard InChI is InChI=1S/C9H17NO4S/c1-3-14-9(11)7(2)10-8-4-5-15(12,13)6-8/h7-8,10H,3-6H2,1-2H3. The van der Waals surface area contributed by atoms with Crippen molar-refractivity contribution >= 4 is 15.8 Å². The third kappa shape index (κ3) is 3.79. The second-order valence-corrected chi connectivity index (χ2v) is 5.97. The van der Waals surface area contributed by atoms with Gasteiger partial charge in [-0.2, -0.15) is 0 Å². The molecule has 1 fully saturated rings. The summed E-state index contributed by atoms with van der Waals surface area (Å²) in [4.78, 5) is 11.3. The van der Waals surface area contributed by atoms with Crippen LogP contribution < -0.4 is 5.32 Å². The molecule has 0 bridgehead atoms. The van der Waals surface area contributed by atoms with Crippen LogP contribution in [0.25, 0.3) is 0 Å². The summed E-state index contributed by atoms with van der Waals surface area (Å²) in [5.41, 5.74) is 0. The molecule has 0 spiro atoms. The fraction of sp³-hybridized carbons (Fsp3) is 0.889. The lowest BCUT2D eigenvalue weighted by Crippen LogP contribution is -2.42. The van der Waals surface area contributed by atoms with E-state index in [0.29, 0.717) is 13.0 Å². The number of hydrogen-bond donors (Lipinski definition) is 1. The zero-order valence-corrected chi connectivity index (χ0v) is 9.84. The van der Waals surface area contributed by atoms with Crippen molar-refractivity contribution in [2.45, 2.75) is 32.4 Å². The van der Waals surface area contributed by atoms with Crippen LogP contribution in [0.15, 0.2) is 0 Å². The van der Waals surface area contributed by atoms with Crippen molar-refractivity contribution in [2.24, 2.45) is 0 Å². The largest absolute Gasteiger partial charge is 0.465 e. The van der Waals surface area contributed by atoms with Gasteiger partial charge in [0.25, 0.3) is 0 Å². The van der Waals surface area contributed by atoms with Gasteiger partial charge in [0.15, 0.2) is 9.84 Å². The maximum Gasteiger partial charge on any atom is 0.322 e. The molecule has 6 heteroatoms. The highest BCUT2D eigenvalue weighted by Crippen LogP contribution is 2.11. The lowest BCUT2D eigenvalue weighted by Gasteiger charge is -2.16. The highest BCUT2D eigenvalue weighted by molar-refractivity contribution is 7.91. The fourth-order valence-electron chi connectivity index (χ4n) is 1.62. The molecule has 0 saturated carbocycles. The first-order valence-corrected chi connectivity index (χ1v) is 6.90. The maximum absolute atomic E-state index is 11.3. The van der Waals surface area contributed by atoms with Crippen LogP contribution in [0.4, 0.5) is 0 Å². The molecule has 0 aromatic heterocycles. The molecule has 2 unspecified atom stereocenters. The van der Waals surface area contributed by atoms with Gasteiger partial charge < -0.3 is 10.1 Å². The van der Waals surface area contributed by atoms with Crippen LogP contribution in [-0.4, -0.2) is 44.6 Å². The maximum atomic E-state index is 11.3. The van der Waals surface area contributed by atoms with Crippen LogP contribution in [0.1, 0.15) is 20.3 Å². The van der Waals surface area contributed by atoms with E-state index in [2.05, 4.69) is 5.32 Å².